The number of aliphatic hydroxyl groups is 1. The highest BCUT2D eigenvalue weighted by molar-refractivity contribution is 5.43. The van der Waals surface area contributed by atoms with Crippen molar-refractivity contribution in [3.05, 3.63) is 42.2 Å². The highest BCUT2D eigenvalue weighted by Gasteiger charge is 1.91. The minimum Gasteiger partial charge on any atom is -0.516 e. The zero-order valence-corrected chi connectivity index (χ0v) is 7.40. The van der Waals surface area contributed by atoms with Gasteiger partial charge in [-0.2, -0.15) is 0 Å². The Kier molecular flexibility index (Phi) is 3.85. The summed E-state index contributed by atoms with van der Waals surface area (Å²) in [7, 11) is 0. The molecule has 0 fully saturated rings. The smallest absolute Gasteiger partial charge is 0.0751 e. The highest BCUT2D eigenvalue weighted by atomic mass is 16.2. The quantitative estimate of drug-likeness (QED) is 0.375. The molecule has 0 radical (unpaired) electrons. The molecule has 3 nitrogen and oxygen atoms in total. The van der Waals surface area contributed by atoms with Gasteiger partial charge in [-0.15, -0.1) is 0 Å². The van der Waals surface area contributed by atoms with Gasteiger partial charge in [-0.1, -0.05) is 12.1 Å². The minimum atomic E-state index is 0.853. The topological polar surface area (TPSA) is 58.3 Å². The van der Waals surface area contributed by atoms with Crippen LogP contribution in [0.15, 0.2) is 36.6 Å². The van der Waals surface area contributed by atoms with Crippen molar-refractivity contribution in [3.63, 3.8) is 0 Å². The van der Waals surface area contributed by atoms with Crippen LogP contribution >= 0.6 is 0 Å². The lowest BCUT2D eigenvalue weighted by Crippen LogP contribution is -2.06. The molecule has 13 heavy (non-hydrogen) atoms. The van der Waals surface area contributed by atoms with E-state index in [4.69, 9.17) is 10.9 Å². The number of nitrogens with one attached hydrogen (secondary N) is 1. The number of aliphatic hydroxyl groups excluding tert-OH is 1. The van der Waals surface area contributed by atoms with E-state index in [2.05, 4.69) is 5.43 Å². The number of hydrazine groups is 1. The van der Waals surface area contributed by atoms with Crippen molar-refractivity contribution in [1.82, 2.24) is 0 Å². The molecule has 0 aliphatic heterocycles. The van der Waals surface area contributed by atoms with Crippen molar-refractivity contribution in [1.29, 1.82) is 0 Å². The molecule has 4 N–H and O–H groups in total. The normalized spacial score (nSPS) is 10.5. The number of hydrogen-bond donors (Lipinski definition) is 3. The average molecular weight is 178 g/mol. The summed E-state index contributed by atoms with van der Waals surface area (Å²) in [6.07, 6.45) is 4.60. The number of nitrogen functional groups attached to an aromatic ring is 1. The number of aryl methyl sites for hydroxylation is 1. The summed E-state index contributed by atoms with van der Waals surface area (Å²) < 4.78 is 0. The summed E-state index contributed by atoms with van der Waals surface area (Å²) in [5.74, 6) is 5.23. The molecule has 0 heterocycles. The molecule has 70 valence electrons. The van der Waals surface area contributed by atoms with Crippen molar-refractivity contribution in [2.45, 2.75) is 12.8 Å². The Morgan fingerprint density at radius 2 is 2.00 bits per heavy atom. The first-order valence-electron chi connectivity index (χ1n) is 4.21. The van der Waals surface area contributed by atoms with Crippen molar-refractivity contribution in [3.8, 4) is 0 Å². The van der Waals surface area contributed by atoms with E-state index in [-0.39, 0.29) is 0 Å². The molecule has 0 bridgehead atoms. The number of anilines is 1. The molecule has 0 spiro atoms. The van der Waals surface area contributed by atoms with E-state index < -0.39 is 0 Å². The maximum absolute atomic E-state index is 8.42. The van der Waals surface area contributed by atoms with Crippen LogP contribution in [0.2, 0.25) is 0 Å². The third kappa shape index (κ3) is 3.17. The van der Waals surface area contributed by atoms with E-state index in [1.807, 2.05) is 24.3 Å². The fraction of sp³-hybridized carbons (Fsp3) is 0.200. The molecule has 1 aromatic carbocycles. The summed E-state index contributed by atoms with van der Waals surface area (Å²) in [6.45, 7) is 0. The van der Waals surface area contributed by atoms with Gasteiger partial charge in [-0.25, -0.2) is 0 Å². The molecule has 0 saturated heterocycles. The maximum Gasteiger partial charge on any atom is 0.0751 e. The van der Waals surface area contributed by atoms with E-state index in [0.29, 0.717) is 0 Å². The third-order valence-corrected chi connectivity index (χ3v) is 1.83. The number of hydrogen-bond acceptors (Lipinski definition) is 3. The number of allylic oxidation sites excluding steroid dienone is 1. The predicted octanol–water partition coefficient (Wildman–Crippen LogP) is 1.98. The van der Waals surface area contributed by atoms with Crippen molar-refractivity contribution < 1.29 is 5.11 Å². The lowest BCUT2D eigenvalue weighted by atomic mass is 10.1. The molecule has 0 atom stereocenters. The second-order valence-corrected chi connectivity index (χ2v) is 2.76. The van der Waals surface area contributed by atoms with Crippen LogP contribution in [0.25, 0.3) is 0 Å². The predicted molar refractivity (Wildman–Crippen MR) is 54.3 cm³/mol. The first-order chi connectivity index (χ1) is 6.36. The SMILES string of the molecule is NNc1ccc(CC/C=C/O)cc1. The second kappa shape index (κ2) is 5.22. The third-order valence-electron chi connectivity index (χ3n) is 1.83. The summed E-state index contributed by atoms with van der Waals surface area (Å²) in [4.78, 5) is 0. The van der Waals surface area contributed by atoms with E-state index in [1.54, 1.807) is 6.08 Å². The number of benzene rings is 1. The van der Waals surface area contributed by atoms with Crippen molar-refractivity contribution in [2.24, 2.45) is 5.84 Å². The number of rotatable bonds is 4. The first-order valence-corrected chi connectivity index (χ1v) is 4.21. The molecule has 1 aromatic rings. The van der Waals surface area contributed by atoms with Crippen LogP contribution in [-0.2, 0) is 6.42 Å². The van der Waals surface area contributed by atoms with E-state index in [9.17, 15) is 0 Å². The molecule has 0 aliphatic rings. The van der Waals surface area contributed by atoms with E-state index in [0.717, 1.165) is 24.8 Å². The van der Waals surface area contributed by atoms with Gasteiger partial charge >= 0.3 is 0 Å². The van der Waals surface area contributed by atoms with Gasteiger partial charge in [0.1, 0.15) is 0 Å². The highest BCUT2D eigenvalue weighted by Crippen LogP contribution is 2.09. The molecule has 0 unspecified atom stereocenters. The van der Waals surface area contributed by atoms with Gasteiger partial charge in [0.05, 0.1) is 6.26 Å². The van der Waals surface area contributed by atoms with Gasteiger partial charge in [0.2, 0.25) is 0 Å². The molecule has 0 amide bonds. The zero-order valence-electron chi connectivity index (χ0n) is 7.40. The average Bonchev–Trinajstić information content (AvgIpc) is 2.19. The van der Waals surface area contributed by atoms with Crippen molar-refractivity contribution in [2.75, 3.05) is 5.43 Å². The van der Waals surface area contributed by atoms with Crippen molar-refractivity contribution >= 4 is 5.69 Å². The van der Waals surface area contributed by atoms with Crippen LogP contribution in [0.3, 0.4) is 0 Å². The Labute approximate surface area is 77.9 Å². The fourth-order valence-electron chi connectivity index (χ4n) is 1.09. The van der Waals surface area contributed by atoms with Crippen LogP contribution < -0.4 is 11.3 Å². The second-order valence-electron chi connectivity index (χ2n) is 2.76. The van der Waals surface area contributed by atoms with Crippen LogP contribution in [0.4, 0.5) is 5.69 Å². The standard InChI is InChI=1S/C10H14N2O/c11-12-10-6-4-9(5-7-10)3-1-2-8-13/h2,4-8,12-13H,1,3,11H2/b8-2+. The molecule has 0 saturated carbocycles. The summed E-state index contributed by atoms with van der Waals surface area (Å²) in [6, 6.07) is 7.89. The van der Waals surface area contributed by atoms with Crippen LogP contribution in [0.5, 0.6) is 0 Å². The van der Waals surface area contributed by atoms with Crippen LogP contribution in [-0.4, -0.2) is 5.11 Å². The Bertz CT molecular complexity index is 267. The minimum absolute atomic E-state index is 0.853. The molecular weight excluding hydrogens is 164 g/mol. The molecule has 0 aliphatic carbocycles. The Hall–Kier alpha value is -1.48. The molecule has 3 heteroatoms. The fourth-order valence-corrected chi connectivity index (χ4v) is 1.09. The Balaban J connectivity index is 2.49. The summed E-state index contributed by atoms with van der Waals surface area (Å²) in [5.41, 5.74) is 4.70. The van der Waals surface area contributed by atoms with Gasteiger partial charge in [0.15, 0.2) is 0 Å². The molecule has 0 aromatic heterocycles. The van der Waals surface area contributed by atoms with Gasteiger partial charge in [0, 0.05) is 5.69 Å². The van der Waals surface area contributed by atoms with Gasteiger partial charge in [-0.3, -0.25) is 5.84 Å². The zero-order chi connectivity index (χ0) is 9.52. The summed E-state index contributed by atoms with van der Waals surface area (Å²) >= 11 is 0. The number of nitrogens with two attached hydrogens (primary N) is 1. The monoisotopic (exact) mass is 178 g/mol. The lowest BCUT2D eigenvalue weighted by molar-refractivity contribution is 0.470. The van der Waals surface area contributed by atoms with Gasteiger partial charge < -0.3 is 10.5 Å². The van der Waals surface area contributed by atoms with Gasteiger partial charge in [-0.05, 0) is 36.6 Å². The Morgan fingerprint density at radius 1 is 1.31 bits per heavy atom. The molecule has 1 rings (SSSR count). The largest absolute Gasteiger partial charge is 0.516 e. The maximum atomic E-state index is 8.42. The van der Waals surface area contributed by atoms with Crippen LogP contribution in [0.1, 0.15) is 12.0 Å². The van der Waals surface area contributed by atoms with Crippen LogP contribution in [0, 0.1) is 0 Å². The van der Waals surface area contributed by atoms with Gasteiger partial charge in [0.25, 0.3) is 0 Å². The summed E-state index contributed by atoms with van der Waals surface area (Å²) in [5, 5.41) is 8.42. The first kappa shape index (κ1) is 9.61. The lowest BCUT2D eigenvalue weighted by Gasteiger charge is -2.01. The van der Waals surface area contributed by atoms with E-state index in [1.165, 1.54) is 5.56 Å². The Morgan fingerprint density at radius 3 is 2.54 bits per heavy atom. The molecular formula is C10H14N2O. The van der Waals surface area contributed by atoms with E-state index >= 15 is 0 Å².